The van der Waals surface area contributed by atoms with Crippen molar-refractivity contribution in [2.45, 2.75) is 51.7 Å². The fourth-order valence-corrected chi connectivity index (χ4v) is 1.92. The van der Waals surface area contributed by atoms with E-state index in [2.05, 4.69) is 0 Å². The number of hydrogen-bond acceptors (Lipinski definition) is 4. The van der Waals surface area contributed by atoms with Gasteiger partial charge in [-0.15, -0.1) is 0 Å². The molecule has 0 aromatic rings. The van der Waals surface area contributed by atoms with Crippen molar-refractivity contribution in [3.05, 3.63) is 10.1 Å². The SMILES string of the molecule is CC(C)(C)OC(=O)N1CCCCC1C[N+](=O)[O-]. The Hall–Kier alpha value is -1.33. The van der Waals surface area contributed by atoms with Gasteiger partial charge in [0, 0.05) is 11.5 Å². The number of likely N-dealkylation sites (tertiary alicyclic amines) is 1. The smallest absolute Gasteiger partial charge is 0.410 e. The molecule has 0 aliphatic carbocycles. The number of carbonyl (C=O) groups excluding carboxylic acids is 1. The van der Waals surface area contributed by atoms with Crippen LogP contribution in [0, 0.1) is 10.1 Å². The summed E-state index contributed by atoms with van der Waals surface area (Å²) in [6.45, 7) is 5.72. The number of rotatable bonds is 2. The molecule has 1 atom stereocenters. The van der Waals surface area contributed by atoms with Gasteiger partial charge >= 0.3 is 6.09 Å². The van der Waals surface area contributed by atoms with Gasteiger partial charge in [-0.1, -0.05) is 0 Å². The van der Waals surface area contributed by atoms with Gasteiger partial charge in [-0.3, -0.25) is 15.0 Å². The van der Waals surface area contributed by atoms with E-state index in [1.165, 1.54) is 4.90 Å². The van der Waals surface area contributed by atoms with Gasteiger partial charge in [0.15, 0.2) is 0 Å². The Bertz CT molecular complexity index is 298. The molecule has 6 nitrogen and oxygen atoms in total. The Morgan fingerprint density at radius 1 is 1.47 bits per heavy atom. The molecule has 1 amide bonds. The largest absolute Gasteiger partial charge is 0.444 e. The van der Waals surface area contributed by atoms with Crippen LogP contribution < -0.4 is 0 Å². The fraction of sp³-hybridized carbons (Fsp3) is 0.909. The minimum Gasteiger partial charge on any atom is -0.444 e. The molecule has 1 heterocycles. The third kappa shape index (κ3) is 4.58. The van der Waals surface area contributed by atoms with Crippen LogP contribution in [0.25, 0.3) is 0 Å². The minimum atomic E-state index is -0.562. The van der Waals surface area contributed by atoms with Crippen LogP contribution in [0.2, 0.25) is 0 Å². The first-order chi connectivity index (χ1) is 7.79. The van der Waals surface area contributed by atoms with Gasteiger partial charge in [-0.2, -0.15) is 0 Å². The highest BCUT2D eigenvalue weighted by molar-refractivity contribution is 5.68. The number of piperidine rings is 1. The van der Waals surface area contributed by atoms with Gasteiger partial charge in [-0.05, 0) is 40.0 Å². The molecule has 1 fully saturated rings. The van der Waals surface area contributed by atoms with E-state index in [9.17, 15) is 14.9 Å². The molecule has 0 N–H and O–H groups in total. The molecule has 0 bridgehead atoms. The lowest BCUT2D eigenvalue weighted by Crippen LogP contribution is -2.48. The van der Waals surface area contributed by atoms with Gasteiger partial charge < -0.3 is 4.74 Å². The normalized spacial score (nSPS) is 21.1. The molecule has 6 heteroatoms. The fourth-order valence-electron chi connectivity index (χ4n) is 1.92. The first-order valence-electron chi connectivity index (χ1n) is 5.91. The summed E-state index contributed by atoms with van der Waals surface area (Å²) in [6.07, 6.45) is 2.05. The van der Waals surface area contributed by atoms with Crippen molar-refractivity contribution in [1.29, 1.82) is 0 Å². The number of ether oxygens (including phenoxy) is 1. The van der Waals surface area contributed by atoms with Gasteiger partial charge in [0.05, 0.1) is 6.04 Å². The molecule has 0 aromatic heterocycles. The summed E-state index contributed by atoms with van der Waals surface area (Å²) in [4.78, 5) is 23.6. The molecule has 1 aliphatic heterocycles. The van der Waals surface area contributed by atoms with Crippen LogP contribution in [0.1, 0.15) is 40.0 Å². The van der Waals surface area contributed by atoms with Gasteiger partial charge in [-0.25, -0.2) is 4.79 Å². The monoisotopic (exact) mass is 244 g/mol. The molecule has 17 heavy (non-hydrogen) atoms. The predicted molar refractivity (Wildman–Crippen MR) is 62.4 cm³/mol. The number of hydrogen-bond donors (Lipinski definition) is 0. The Kier molecular flexibility index (Phi) is 4.31. The molecular formula is C11H20N2O4. The molecule has 0 radical (unpaired) electrons. The van der Waals surface area contributed by atoms with Crippen molar-refractivity contribution in [2.24, 2.45) is 0 Å². The van der Waals surface area contributed by atoms with Crippen molar-refractivity contribution in [2.75, 3.05) is 13.1 Å². The van der Waals surface area contributed by atoms with Gasteiger partial charge in [0.2, 0.25) is 6.54 Å². The average molecular weight is 244 g/mol. The van der Waals surface area contributed by atoms with E-state index < -0.39 is 11.7 Å². The lowest BCUT2D eigenvalue weighted by molar-refractivity contribution is -0.486. The third-order valence-electron chi connectivity index (χ3n) is 2.61. The number of carbonyl (C=O) groups is 1. The van der Waals surface area contributed by atoms with Crippen LogP contribution in [0.15, 0.2) is 0 Å². The standard InChI is InChI=1S/C11H20N2O4/c1-11(2,3)17-10(14)12-7-5-4-6-9(12)8-13(15)16/h9H,4-8H2,1-3H3. The van der Waals surface area contributed by atoms with E-state index >= 15 is 0 Å². The third-order valence-corrected chi connectivity index (χ3v) is 2.61. The highest BCUT2D eigenvalue weighted by Crippen LogP contribution is 2.20. The predicted octanol–water partition coefficient (Wildman–Crippen LogP) is 2.05. The average Bonchev–Trinajstić information content (AvgIpc) is 2.14. The summed E-state index contributed by atoms with van der Waals surface area (Å²) >= 11 is 0. The van der Waals surface area contributed by atoms with Gasteiger partial charge in [0.25, 0.3) is 0 Å². The van der Waals surface area contributed by atoms with E-state index in [0.717, 1.165) is 12.8 Å². The van der Waals surface area contributed by atoms with Crippen LogP contribution in [0.5, 0.6) is 0 Å². The summed E-state index contributed by atoms with van der Waals surface area (Å²) in [5, 5.41) is 10.5. The zero-order valence-corrected chi connectivity index (χ0v) is 10.6. The molecule has 1 rings (SSSR count). The second-order valence-electron chi connectivity index (χ2n) is 5.34. The lowest BCUT2D eigenvalue weighted by atomic mass is 10.0. The van der Waals surface area contributed by atoms with Crippen molar-refractivity contribution < 1.29 is 14.5 Å². The maximum absolute atomic E-state index is 11.9. The van der Waals surface area contributed by atoms with E-state index in [4.69, 9.17) is 4.74 Å². The maximum Gasteiger partial charge on any atom is 0.410 e. The molecule has 0 saturated carbocycles. The summed E-state index contributed by atoms with van der Waals surface area (Å²) in [5.74, 6) is 0. The molecule has 1 unspecified atom stereocenters. The summed E-state index contributed by atoms with van der Waals surface area (Å²) in [6, 6.07) is -0.325. The highest BCUT2D eigenvalue weighted by atomic mass is 16.6. The van der Waals surface area contributed by atoms with E-state index in [1.807, 2.05) is 0 Å². The molecule has 98 valence electrons. The molecule has 1 aliphatic rings. The number of nitro groups is 1. The van der Waals surface area contributed by atoms with Crippen LogP contribution >= 0.6 is 0 Å². The Morgan fingerprint density at radius 2 is 2.12 bits per heavy atom. The first-order valence-corrected chi connectivity index (χ1v) is 5.91. The van der Waals surface area contributed by atoms with Crippen LogP contribution in [-0.4, -0.2) is 40.6 Å². The van der Waals surface area contributed by atoms with Crippen LogP contribution in [0.3, 0.4) is 0 Å². The number of nitrogens with zero attached hydrogens (tertiary/aromatic N) is 2. The minimum absolute atomic E-state index is 0.195. The second kappa shape index (κ2) is 5.33. The molecule has 1 saturated heterocycles. The van der Waals surface area contributed by atoms with Gasteiger partial charge in [0.1, 0.15) is 5.60 Å². The van der Waals surface area contributed by atoms with Crippen LogP contribution in [-0.2, 0) is 4.74 Å². The molecule has 0 aromatic carbocycles. The summed E-state index contributed by atoms with van der Waals surface area (Å²) < 4.78 is 5.25. The maximum atomic E-state index is 11.9. The lowest BCUT2D eigenvalue weighted by Gasteiger charge is -2.34. The van der Waals surface area contributed by atoms with Crippen LogP contribution in [0.4, 0.5) is 4.79 Å². The van der Waals surface area contributed by atoms with E-state index in [0.29, 0.717) is 13.0 Å². The first kappa shape index (κ1) is 13.7. The van der Waals surface area contributed by atoms with E-state index in [-0.39, 0.29) is 17.5 Å². The van der Waals surface area contributed by atoms with E-state index in [1.54, 1.807) is 20.8 Å². The Morgan fingerprint density at radius 3 is 2.65 bits per heavy atom. The summed E-state index contributed by atoms with van der Waals surface area (Å²) in [5.41, 5.74) is -0.562. The van der Waals surface area contributed by atoms with Crippen molar-refractivity contribution >= 4 is 6.09 Å². The zero-order chi connectivity index (χ0) is 13.1. The molecular weight excluding hydrogens is 224 g/mol. The Labute approximate surface area is 101 Å². The number of amides is 1. The Balaban J connectivity index is 2.64. The zero-order valence-electron chi connectivity index (χ0n) is 10.6. The topological polar surface area (TPSA) is 72.7 Å². The summed E-state index contributed by atoms with van der Waals surface area (Å²) in [7, 11) is 0. The highest BCUT2D eigenvalue weighted by Gasteiger charge is 2.33. The second-order valence-corrected chi connectivity index (χ2v) is 5.34. The van der Waals surface area contributed by atoms with Crippen molar-refractivity contribution in [3.63, 3.8) is 0 Å². The van der Waals surface area contributed by atoms with Crippen molar-refractivity contribution in [1.82, 2.24) is 4.90 Å². The van der Waals surface area contributed by atoms with Crippen molar-refractivity contribution in [3.8, 4) is 0 Å². The quantitative estimate of drug-likeness (QED) is 0.550. The molecule has 0 spiro atoms.